The summed E-state index contributed by atoms with van der Waals surface area (Å²) in [4.78, 5) is 25.6. The molecule has 7 nitrogen and oxygen atoms in total. The van der Waals surface area contributed by atoms with Gasteiger partial charge in [0.25, 0.3) is 11.6 Å². The summed E-state index contributed by atoms with van der Waals surface area (Å²) in [5, 5.41) is 15.5. The summed E-state index contributed by atoms with van der Waals surface area (Å²) in [5.74, 6) is -0.391. The Labute approximate surface area is 130 Å². The number of amides is 1. The molecular formula is C16H12N4O3. The van der Waals surface area contributed by atoms with E-state index >= 15 is 0 Å². The summed E-state index contributed by atoms with van der Waals surface area (Å²) in [6.45, 7) is 0. The average molecular weight is 308 g/mol. The Hall–Kier alpha value is -3.48. The van der Waals surface area contributed by atoms with Gasteiger partial charge in [-0.25, -0.2) is 5.43 Å². The van der Waals surface area contributed by atoms with Gasteiger partial charge in [-0.2, -0.15) is 5.10 Å². The zero-order valence-electron chi connectivity index (χ0n) is 11.9. The van der Waals surface area contributed by atoms with Crippen LogP contribution in [0.3, 0.4) is 0 Å². The van der Waals surface area contributed by atoms with E-state index in [2.05, 4.69) is 15.5 Å². The lowest BCUT2D eigenvalue weighted by molar-refractivity contribution is -0.385. The Morgan fingerprint density at radius 2 is 1.91 bits per heavy atom. The zero-order chi connectivity index (χ0) is 16.2. The highest BCUT2D eigenvalue weighted by Crippen LogP contribution is 2.17. The van der Waals surface area contributed by atoms with Gasteiger partial charge in [0, 0.05) is 23.2 Å². The molecular weight excluding hydrogens is 296 g/mol. The SMILES string of the molecule is O=C(NN=Cc1ccccc1[N+](=O)[O-])c1c[nH]c2ccccc12. The number of nitrogens with one attached hydrogen (secondary N) is 2. The number of fused-ring (bicyclic) bond motifs is 1. The highest BCUT2D eigenvalue weighted by molar-refractivity contribution is 6.06. The molecule has 0 atom stereocenters. The molecule has 3 aromatic rings. The second kappa shape index (κ2) is 6.10. The van der Waals surface area contributed by atoms with Gasteiger partial charge in [-0.3, -0.25) is 14.9 Å². The molecule has 3 rings (SSSR count). The number of carbonyl (C=O) groups excluding carboxylic acids is 1. The highest BCUT2D eigenvalue weighted by Gasteiger charge is 2.12. The molecule has 2 N–H and O–H groups in total. The Kier molecular flexibility index (Phi) is 3.84. The summed E-state index contributed by atoms with van der Waals surface area (Å²) in [6.07, 6.45) is 2.85. The van der Waals surface area contributed by atoms with Gasteiger partial charge < -0.3 is 4.98 Å². The van der Waals surface area contributed by atoms with Gasteiger partial charge in [-0.15, -0.1) is 0 Å². The topological polar surface area (TPSA) is 100 Å². The zero-order valence-corrected chi connectivity index (χ0v) is 11.9. The van der Waals surface area contributed by atoms with Gasteiger partial charge in [0.2, 0.25) is 0 Å². The molecule has 114 valence electrons. The van der Waals surface area contributed by atoms with Crippen molar-refractivity contribution in [3.8, 4) is 0 Å². The quantitative estimate of drug-likeness (QED) is 0.440. The molecule has 0 saturated heterocycles. The number of carbonyl (C=O) groups is 1. The molecule has 0 saturated carbocycles. The lowest BCUT2D eigenvalue weighted by Crippen LogP contribution is -2.17. The second-order valence-electron chi connectivity index (χ2n) is 4.76. The number of hydrogen-bond acceptors (Lipinski definition) is 4. The monoisotopic (exact) mass is 308 g/mol. The summed E-state index contributed by atoms with van der Waals surface area (Å²) in [7, 11) is 0. The Balaban J connectivity index is 1.78. The number of rotatable bonds is 4. The standard InChI is InChI=1S/C16H12N4O3/c21-16(13-10-17-14-7-3-2-6-12(13)14)19-18-9-11-5-1-4-8-15(11)20(22)23/h1-10,17H,(H,19,21). The molecule has 0 aliphatic rings. The van der Waals surface area contributed by atoms with E-state index in [1.807, 2.05) is 24.3 Å². The molecule has 7 heteroatoms. The van der Waals surface area contributed by atoms with Crippen LogP contribution in [0.4, 0.5) is 5.69 Å². The molecule has 2 aromatic carbocycles. The number of para-hydroxylation sites is 2. The fourth-order valence-corrected chi connectivity index (χ4v) is 2.24. The Morgan fingerprint density at radius 3 is 2.74 bits per heavy atom. The number of nitro groups is 1. The normalized spacial score (nSPS) is 11.0. The van der Waals surface area contributed by atoms with Gasteiger partial charge in [0.15, 0.2) is 0 Å². The van der Waals surface area contributed by atoms with Crippen LogP contribution in [0.5, 0.6) is 0 Å². The molecule has 1 heterocycles. The van der Waals surface area contributed by atoms with Crippen molar-refractivity contribution in [1.29, 1.82) is 0 Å². The van der Waals surface area contributed by atoms with Crippen LogP contribution in [-0.4, -0.2) is 22.0 Å². The third kappa shape index (κ3) is 2.93. The molecule has 1 aromatic heterocycles. The lowest BCUT2D eigenvalue weighted by atomic mass is 10.2. The van der Waals surface area contributed by atoms with E-state index in [9.17, 15) is 14.9 Å². The van der Waals surface area contributed by atoms with Crippen LogP contribution in [0.1, 0.15) is 15.9 Å². The van der Waals surface area contributed by atoms with Gasteiger partial charge in [0.1, 0.15) is 0 Å². The van der Waals surface area contributed by atoms with Crippen molar-refractivity contribution in [2.75, 3.05) is 0 Å². The smallest absolute Gasteiger partial charge is 0.278 e. The van der Waals surface area contributed by atoms with Crippen LogP contribution in [-0.2, 0) is 0 Å². The fraction of sp³-hybridized carbons (Fsp3) is 0. The summed E-state index contributed by atoms with van der Waals surface area (Å²) >= 11 is 0. The molecule has 0 aliphatic heterocycles. The van der Waals surface area contributed by atoms with Crippen LogP contribution < -0.4 is 5.43 Å². The van der Waals surface area contributed by atoms with E-state index in [4.69, 9.17) is 0 Å². The molecule has 0 radical (unpaired) electrons. The third-order valence-electron chi connectivity index (χ3n) is 3.34. The summed E-state index contributed by atoms with van der Waals surface area (Å²) in [5.41, 5.74) is 3.93. The Morgan fingerprint density at radius 1 is 1.17 bits per heavy atom. The van der Waals surface area contributed by atoms with E-state index in [1.165, 1.54) is 12.3 Å². The molecule has 1 amide bonds. The maximum Gasteiger partial charge on any atom is 0.278 e. The van der Waals surface area contributed by atoms with Gasteiger partial charge in [-0.1, -0.05) is 30.3 Å². The van der Waals surface area contributed by atoms with Gasteiger partial charge in [0.05, 0.1) is 22.3 Å². The van der Waals surface area contributed by atoms with E-state index in [1.54, 1.807) is 24.4 Å². The van der Waals surface area contributed by atoms with Crippen LogP contribution in [0.25, 0.3) is 10.9 Å². The maximum atomic E-state index is 12.2. The number of nitrogens with zero attached hydrogens (tertiary/aromatic N) is 2. The molecule has 0 bridgehead atoms. The highest BCUT2D eigenvalue weighted by atomic mass is 16.6. The molecule has 0 fully saturated rings. The van der Waals surface area contributed by atoms with Crippen LogP contribution in [0, 0.1) is 10.1 Å². The lowest BCUT2D eigenvalue weighted by Gasteiger charge is -1.99. The number of aromatic nitrogens is 1. The van der Waals surface area contributed by atoms with Crippen molar-refractivity contribution in [1.82, 2.24) is 10.4 Å². The summed E-state index contributed by atoms with van der Waals surface area (Å²) < 4.78 is 0. The molecule has 0 unspecified atom stereocenters. The van der Waals surface area contributed by atoms with E-state index in [0.717, 1.165) is 10.9 Å². The molecule has 23 heavy (non-hydrogen) atoms. The molecule has 0 aliphatic carbocycles. The molecule has 0 spiro atoms. The van der Waals surface area contributed by atoms with Crippen molar-refractivity contribution in [2.45, 2.75) is 0 Å². The number of benzene rings is 2. The maximum absolute atomic E-state index is 12.2. The summed E-state index contributed by atoms with van der Waals surface area (Å²) in [6, 6.07) is 13.6. The van der Waals surface area contributed by atoms with Gasteiger partial charge >= 0.3 is 0 Å². The van der Waals surface area contributed by atoms with Crippen LogP contribution in [0.2, 0.25) is 0 Å². The number of H-pyrrole nitrogens is 1. The Bertz CT molecular complexity index is 914. The largest absolute Gasteiger partial charge is 0.360 e. The minimum absolute atomic E-state index is 0.0717. The van der Waals surface area contributed by atoms with Crippen molar-refractivity contribution < 1.29 is 9.72 Å². The van der Waals surface area contributed by atoms with Crippen molar-refractivity contribution in [3.05, 3.63) is 76.0 Å². The van der Waals surface area contributed by atoms with Crippen molar-refractivity contribution >= 4 is 28.7 Å². The first-order valence-corrected chi connectivity index (χ1v) is 6.80. The number of hydrogen-bond donors (Lipinski definition) is 2. The van der Waals surface area contributed by atoms with Crippen molar-refractivity contribution in [3.63, 3.8) is 0 Å². The number of nitro benzene ring substituents is 1. The minimum atomic E-state index is -0.497. The first kappa shape index (κ1) is 14.5. The number of hydrazone groups is 1. The second-order valence-corrected chi connectivity index (χ2v) is 4.76. The average Bonchev–Trinajstić information content (AvgIpc) is 2.99. The van der Waals surface area contributed by atoms with E-state index in [0.29, 0.717) is 11.1 Å². The van der Waals surface area contributed by atoms with Crippen LogP contribution in [0.15, 0.2) is 59.8 Å². The fourth-order valence-electron chi connectivity index (χ4n) is 2.24. The van der Waals surface area contributed by atoms with Crippen molar-refractivity contribution in [2.24, 2.45) is 5.10 Å². The first-order valence-electron chi connectivity index (χ1n) is 6.80. The first-order chi connectivity index (χ1) is 11.2. The predicted octanol–water partition coefficient (Wildman–Crippen LogP) is 2.84. The third-order valence-corrected chi connectivity index (χ3v) is 3.34. The van der Waals surface area contributed by atoms with Gasteiger partial charge in [-0.05, 0) is 12.1 Å². The van der Waals surface area contributed by atoms with E-state index < -0.39 is 10.8 Å². The van der Waals surface area contributed by atoms with E-state index in [-0.39, 0.29) is 5.69 Å². The predicted molar refractivity (Wildman–Crippen MR) is 86.5 cm³/mol. The number of aromatic amines is 1. The van der Waals surface area contributed by atoms with Crippen LogP contribution >= 0.6 is 0 Å². The minimum Gasteiger partial charge on any atom is -0.360 e.